The fraction of sp³-hybridized carbons (Fsp3) is 0.909. The first-order chi connectivity index (χ1) is 5.66. The highest BCUT2D eigenvalue weighted by atomic mass is 16.1. The Bertz CT molecular complexity index is 160. The third-order valence-corrected chi connectivity index (χ3v) is 3.12. The summed E-state index contributed by atoms with van der Waals surface area (Å²) in [5, 5.41) is 0. The summed E-state index contributed by atoms with van der Waals surface area (Å²) in [6, 6.07) is 0. The van der Waals surface area contributed by atoms with Crippen LogP contribution in [0.3, 0.4) is 0 Å². The molecule has 0 aliphatic heterocycles. The van der Waals surface area contributed by atoms with Gasteiger partial charge in [0.05, 0.1) is 0 Å². The number of Topliss-reactive ketones (excluding diaryl/α,β-unsaturated/α-hetero) is 1. The molecule has 1 rings (SSSR count). The van der Waals surface area contributed by atoms with E-state index in [9.17, 15) is 4.79 Å². The zero-order valence-corrected chi connectivity index (χ0v) is 8.47. The van der Waals surface area contributed by atoms with Crippen LogP contribution in [0.5, 0.6) is 0 Å². The van der Waals surface area contributed by atoms with Crippen LogP contribution in [0.4, 0.5) is 0 Å². The lowest BCUT2D eigenvalue weighted by molar-refractivity contribution is -0.126. The Hall–Kier alpha value is -0.330. The molecule has 0 amide bonds. The van der Waals surface area contributed by atoms with Gasteiger partial charge in [-0.25, -0.2) is 0 Å². The van der Waals surface area contributed by atoms with Crippen LogP contribution in [0.2, 0.25) is 0 Å². The Morgan fingerprint density at radius 1 is 1.42 bits per heavy atom. The van der Waals surface area contributed by atoms with Gasteiger partial charge in [0.25, 0.3) is 0 Å². The molecule has 0 aromatic rings. The molecule has 1 saturated carbocycles. The maximum Gasteiger partial charge on any atom is 0.138 e. The van der Waals surface area contributed by atoms with E-state index < -0.39 is 0 Å². The number of hydrogen-bond acceptors (Lipinski definition) is 1. The van der Waals surface area contributed by atoms with Crippen LogP contribution in [0.15, 0.2) is 0 Å². The molecular weight excluding hydrogens is 148 g/mol. The molecule has 1 nitrogen and oxygen atoms in total. The number of ketones is 1. The lowest BCUT2D eigenvalue weighted by Gasteiger charge is -2.18. The molecule has 0 aromatic heterocycles. The van der Waals surface area contributed by atoms with Crippen molar-refractivity contribution in [3.8, 4) is 0 Å². The van der Waals surface area contributed by atoms with Crippen molar-refractivity contribution in [1.82, 2.24) is 0 Å². The first kappa shape index (κ1) is 9.76. The van der Waals surface area contributed by atoms with Gasteiger partial charge < -0.3 is 0 Å². The van der Waals surface area contributed by atoms with Crippen molar-refractivity contribution in [3.63, 3.8) is 0 Å². The zero-order valence-electron chi connectivity index (χ0n) is 8.47. The van der Waals surface area contributed by atoms with Crippen LogP contribution in [0.1, 0.15) is 46.5 Å². The summed E-state index contributed by atoms with van der Waals surface area (Å²) < 4.78 is 0. The van der Waals surface area contributed by atoms with Crippen molar-refractivity contribution < 1.29 is 4.79 Å². The van der Waals surface area contributed by atoms with Gasteiger partial charge in [-0.1, -0.05) is 33.6 Å². The SMILES string of the molecule is CC[C@H]1CCC[C@@H]1C(=O)C(C)C. The standard InChI is InChI=1S/C11H20O/c1-4-9-6-5-7-10(9)11(12)8(2)3/h8-10H,4-7H2,1-3H3/t9-,10-/m0/s1. The molecule has 0 spiro atoms. The van der Waals surface area contributed by atoms with E-state index in [1.54, 1.807) is 0 Å². The van der Waals surface area contributed by atoms with Gasteiger partial charge in [-0.2, -0.15) is 0 Å². The van der Waals surface area contributed by atoms with E-state index in [2.05, 4.69) is 6.92 Å². The van der Waals surface area contributed by atoms with E-state index in [1.807, 2.05) is 13.8 Å². The summed E-state index contributed by atoms with van der Waals surface area (Å²) in [5.74, 6) is 1.83. The zero-order chi connectivity index (χ0) is 9.14. The van der Waals surface area contributed by atoms with Gasteiger partial charge in [-0.15, -0.1) is 0 Å². The molecule has 0 saturated heterocycles. The maximum atomic E-state index is 11.7. The van der Waals surface area contributed by atoms with Gasteiger partial charge in [-0.3, -0.25) is 4.79 Å². The summed E-state index contributed by atoms with van der Waals surface area (Å²) >= 11 is 0. The molecule has 1 aliphatic rings. The average molecular weight is 168 g/mol. The Morgan fingerprint density at radius 3 is 2.58 bits per heavy atom. The molecule has 0 bridgehead atoms. The van der Waals surface area contributed by atoms with E-state index in [0.717, 1.165) is 6.42 Å². The molecule has 1 aliphatic carbocycles. The third-order valence-electron chi connectivity index (χ3n) is 3.12. The third kappa shape index (κ3) is 1.88. The van der Waals surface area contributed by atoms with E-state index in [-0.39, 0.29) is 5.92 Å². The highest BCUT2D eigenvalue weighted by molar-refractivity contribution is 5.83. The predicted octanol–water partition coefficient (Wildman–Crippen LogP) is 3.04. The summed E-state index contributed by atoms with van der Waals surface area (Å²) in [6.45, 7) is 6.25. The maximum absolute atomic E-state index is 11.7. The van der Waals surface area contributed by atoms with Crippen molar-refractivity contribution in [2.24, 2.45) is 17.8 Å². The highest BCUT2D eigenvalue weighted by Gasteiger charge is 2.32. The van der Waals surface area contributed by atoms with Crippen molar-refractivity contribution in [1.29, 1.82) is 0 Å². The van der Waals surface area contributed by atoms with E-state index in [4.69, 9.17) is 0 Å². The molecule has 1 fully saturated rings. The minimum Gasteiger partial charge on any atom is -0.299 e. The molecule has 0 unspecified atom stereocenters. The van der Waals surface area contributed by atoms with Crippen LogP contribution < -0.4 is 0 Å². The summed E-state index contributed by atoms with van der Waals surface area (Å²) in [6.07, 6.45) is 4.87. The number of carbonyl (C=O) groups is 1. The smallest absolute Gasteiger partial charge is 0.138 e. The van der Waals surface area contributed by atoms with Gasteiger partial charge in [-0.05, 0) is 18.8 Å². The van der Waals surface area contributed by atoms with E-state index in [0.29, 0.717) is 17.6 Å². The Labute approximate surface area is 75.5 Å². The number of hydrogen-bond donors (Lipinski definition) is 0. The fourth-order valence-electron chi connectivity index (χ4n) is 2.33. The number of carbonyl (C=O) groups excluding carboxylic acids is 1. The molecule has 0 radical (unpaired) electrons. The first-order valence-corrected chi connectivity index (χ1v) is 5.20. The normalized spacial score (nSPS) is 29.7. The molecule has 2 atom stereocenters. The number of rotatable bonds is 3. The van der Waals surface area contributed by atoms with E-state index >= 15 is 0 Å². The molecule has 70 valence electrons. The molecule has 0 N–H and O–H groups in total. The highest BCUT2D eigenvalue weighted by Crippen LogP contribution is 2.35. The molecule has 1 heteroatoms. The van der Waals surface area contributed by atoms with E-state index in [1.165, 1.54) is 19.3 Å². The van der Waals surface area contributed by atoms with Crippen LogP contribution in [0.25, 0.3) is 0 Å². The second-order valence-electron chi connectivity index (χ2n) is 4.26. The topological polar surface area (TPSA) is 17.1 Å². The lowest BCUT2D eigenvalue weighted by Crippen LogP contribution is -2.22. The van der Waals surface area contributed by atoms with Gasteiger partial charge in [0, 0.05) is 11.8 Å². The predicted molar refractivity (Wildman–Crippen MR) is 51.0 cm³/mol. The van der Waals surface area contributed by atoms with Gasteiger partial charge >= 0.3 is 0 Å². The van der Waals surface area contributed by atoms with Gasteiger partial charge in [0.1, 0.15) is 5.78 Å². The Balaban J connectivity index is 2.55. The Kier molecular flexibility index (Phi) is 3.30. The van der Waals surface area contributed by atoms with Crippen molar-refractivity contribution in [2.75, 3.05) is 0 Å². The first-order valence-electron chi connectivity index (χ1n) is 5.20. The second kappa shape index (κ2) is 4.06. The van der Waals surface area contributed by atoms with Crippen LogP contribution in [-0.4, -0.2) is 5.78 Å². The van der Waals surface area contributed by atoms with Gasteiger partial charge in [0.2, 0.25) is 0 Å². The molecule has 0 aromatic carbocycles. The minimum atomic E-state index is 0.238. The Morgan fingerprint density at radius 2 is 2.08 bits per heavy atom. The largest absolute Gasteiger partial charge is 0.299 e. The van der Waals surface area contributed by atoms with Crippen LogP contribution in [-0.2, 0) is 4.79 Å². The molecule has 0 heterocycles. The monoisotopic (exact) mass is 168 g/mol. The van der Waals surface area contributed by atoms with Gasteiger partial charge in [0.15, 0.2) is 0 Å². The quantitative estimate of drug-likeness (QED) is 0.633. The van der Waals surface area contributed by atoms with Crippen molar-refractivity contribution in [2.45, 2.75) is 46.5 Å². The van der Waals surface area contributed by atoms with Crippen molar-refractivity contribution in [3.05, 3.63) is 0 Å². The van der Waals surface area contributed by atoms with Crippen LogP contribution in [0, 0.1) is 17.8 Å². The summed E-state index contributed by atoms with van der Waals surface area (Å²) in [7, 11) is 0. The molecule has 12 heavy (non-hydrogen) atoms. The minimum absolute atomic E-state index is 0.238. The second-order valence-corrected chi connectivity index (χ2v) is 4.26. The van der Waals surface area contributed by atoms with Crippen molar-refractivity contribution >= 4 is 5.78 Å². The summed E-state index contributed by atoms with van der Waals surface area (Å²) in [5.41, 5.74) is 0. The average Bonchev–Trinajstić information content (AvgIpc) is 2.49. The fourth-order valence-corrected chi connectivity index (χ4v) is 2.33. The lowest BCUT2D eigenvalue weighted by atomic mass is 9.85. The summed E-state index contributed by atoms with van der Waals surface area (Å²) in [4.78, 5) is 11.7. The van der Waals surface area contributed by atoms with Crippen LogP contribution >= 0.6 is 0 Å². The molecular formula is C11H20O.